The number of piperidine rings is 1. The quantitative estimate of drug-likeness (QED) is 0.338. The number of anilines is 1. The van der Waals surface area contributed by atoms with Crippen LogP contribution in [0.15, 0.2) is 48.9 Å². The minimum Gasteiger partial charge on any atom is -0.386 e. The fourth-order valence-electron chi connectivity index (χ4n) is 5.40. The van der Waals surface area contributed by atoms with Gasteiger partial charge in [0.15, 0.2) is 0 Å². The van der Waals surface area contributed by atoms with Crippen molar-refractivity contribution in [2.24, 2.45) is 11.7 Å². The smallest absolute Gasteiger partial charge is 0.217 e. The summed E-state index contributed by atoms with van der Waals surface area (Å²) in [7, 11) is 0. The third kappa shape index (κ3) is 5.39. The van der Waals surface area contributed by atoms with E-state index in [0.717, 1.165) is 23.4 Å². The molecule has 1 aliphatic heterocycles. The molecule has 9 nitrogen and oxygen atoms in total. The molecule has 11 heteroatoms. The summed E-state index contributed by atoms with van der Waals surface area (Å²) in [4.78, 5) is 22.7. The van der Waals surface area contributed by atoms with E-state index in [1.165, 1.54) is 20.8 Å². The molecule has 4 aromatic rings. The second-order valence-electron chi connectivity index (χ2n) is 11.1. The van der Waals surface area contributed by atoms with E-state index in [9.17, 15) is 9.90 Å². The number of fused-ring (bicyclic) bond motifs is 1. The van der Waals surface area contributed by atoms with Gasteiger partial charge in [-0.3, -0.25) is 9.78 Å². The molecule has 0 aliphatic carbocycles. The predicted molar refractivity (Wildman–Crippen MR) is 148 cm³/mol. The molecular formula is C29H33F2N7O2. The number of aliphatic hydroxyl groups is 1. The molecule has 0 saturated carbocycles. The molecular weight excluding hydrogens is 516 g/mol. The molecule has 210 valence electrons. The highest BCUT2D eigenvalue weighted by atomic mass is 19.1. The summed E-state index contributed by atoms with van der Waals surface area (Å²) >= 11 is 0. The fourth-order valence-corrected chi connectivity index (χ4v) is 5.40. The normalized spacial score (nSPS) is 19.7. The minimum absolute atomic E-state index is 0.101. The van der Waals surface area contributed by atoms with Crippen molar-refractivity contribution in [3.8, 4) is 11.3 Å². The minimum atomic E-state index is -1.39. The van der Waals surface area contributed by atoms with Gasteiger partial charge in [0.1, 0.15) is 17.5 Å². The molecule has 5 rings (SSSR count). The Morgan fingerprint density at radius 3 is 2.55 bits per heavy atom. The lowest BCUT2D eigenvalue weighted by molar-refractivity contribution is -0.120. The zero-order valence-corrected chi connectivity index (χ0v) is 22.9. The van der Waals surface area contributed by atoms with Crippen LogP contribution >= 0.6 is 0 Å². The van der Waals surface area contributed by atoms with Crippen LogP contribution in [0.25, 0.3) is 16.8 Å². The molecule has 0 radical (unpaired) electrons. The summed E-state index contributed by atoms with van der Waals surface area (Å²) in [5.41, 5.74) is 7.55. The molecule has 4 heterocycles. The molecule has 1 aromatic carbocycles. The van der Waals surface area contributed by atoms with E-state index in [1.54, 1.807) is 35.2 Å². The van der Waals surface area contributed by atoms with Gasteiger partial charge in [0.05, 0.1) is 28.6 Å². The highest BCUT2D eigenvalue weighted by molar-refractivity contribution is 5.73. The maximum absolute atomic E-state index is 15.1. The van der Waals surface area contributed by atoms with Crippen LogP contribution in [0.3, 0.4) is 0 Å². The van der Waals surface area contributed by atoms with Crippen LogP contribution in [-0.4, -0.2) is 55.8 Å². The van der Waals surface area contributed by atoms with E-state index in [1.807, 2.05) is 6.07 Å². The molecule has 4 N–H and O–H groups in total. The van der Waals surface area contributed by atoms with Crippen LogP contribution in [0.5, 0.6) is 0 Å². The number of rotatable bonds is 6. The first-order valence-electron chi connectivity index (χ1n) is 13.2. The highest BCUT2D eigenvalue weighted by Crippen LogP contribution is 2.31. The van der Waals surface area contributed by atoms with Crippen LogP contribution in [0.4, 0.5) is 14.5 Å². The van der Waals surface area contributed by atoms with Gasteiger partial charge in [-0.15, -0.1) is 0 Å². The lowest BCUT2D eigenvalue weighted by Crippen LogP contribution is -2.61. The maximum atomic E-state index is 15.1. The molecule has 0 bridgehead atoms. The van der Waals surface area contributed by atoms with Gasteiger partial charge in [0.25, 0.3) is 0 Å². The van der Waals surface area contributed by atoms with Crippen LogP contribution in [-0.2, 0) is 16.8 Å². The van der Waals surface area contributed by atoms with Gasteiger partial charge in [0, 0.05) is 62.2 Å². The summed E-state index contributed by atoms with van der Waals surface area (Å²) in [6.45, 7) is 7.74. The van der Waals surface area contributed by atoms with Crippen LogP contribution in [0.2, 0.25) is 0 Å². The van der Waals surface area contributed by atoms with Gasteiger partial charge < -0.3 is 21.1 Å². The van der Waals surface area contributed by atoms with Crippen molar-refractivity contribution in [2.45, 2.75) is 51.8 Å². The Morgan fingerprint density at radius 2 is 1.90 bits per heavy atom. The number of imidazole rings is 1. The molecule has 1 aliphatic rings. The number of pyridine rings is 1. The van der Waals surface area contributed by atoms with Gasteiger partial charge in [-0.2, -0.15) is 5.10 Å². The number of nitrogens with one attached hydrogen (secondary N) is 1. The molecule has 0 spiro atoms. The first-order valence-corrected chi connectivity index (χ1v) is 13.2. The average Bonchev–Trinajstić information content (AvgIpc) is 3.27. The predicted octanol–water partition coefficient (Wildman–Crippen LogP) is 3.18. The van der Waals surface area contributed by atoms with Crippen LogP contribution in [0, 0.1) is 17.6 Å². The summed E-state index contributed by atoms with van der Waals surface area (Å²) in [5, 5.41) is 17.7. The largest absolute Gasteiger partial charge is 0.386 e. The summed E-state index contributed by atoms with van der Waals surface area (Å²) < 4.78 is 31.7. The van der Waals surface area contributed by atoms with Gasteiger partial charge in [0.2, 0.25) is 5.91 Å². The third-order valence-corrected chi connectivity index (χ3v) is 7.41. The average molecular weight is 550 g/mol. The van der Waals surface area contributed by atoms with Crippen molar-refractivity contribution in [1.82, 2.24) is 24.9 Å². The number of hydrogen-bond acceptors (Lipinski definition) is 7. The summed E-state index contributed by atoms with van der Waals surface area (Å²) in [6, 6.07) is 7.07. The molecule has 0 unspecified atom stereocenters. The van der Waals surface area contributed by atoms with Crippen molar-refractivity contribution in [3.05, 3.63) is 77.5 Å². The lowest BCUT2D eigenvalue weighted by Gasteiger charge is -2.43. The zero-order valence-electron chi connectivity index (χ0n) is 22.9. The molecule has 3 atom stereocenters. The zero-order chi connectivity index (χ0) is 28.8. The van der Waals surface area contributed by atoms with Gasteiger partial charge in [-0.1, -0.05) is 6.92 Å². The number of nitrogens with two attached hydrogens (primary N) is 1. The monoisotopic (exact) mass is 549 g/mol. The van der Waals surface area contributed by atoms with E-state index in [4.69, 9.17) is 5.73 Å². The number of carbonyl (C=O) groups is 1. The SMILES string of the molecule is CC(=O)N[C@@H]1[C@H](N)CN(c2ccncc2Cc2ncc3ccc(-c4c(F)cc(C(C)(C)O)cc4F)nn23)C[C@@H]1C. The van der Waals surface area contributed by atoms with Crippen LogP contribution in [0.1, 0.15) is 44.6 Å². The van der Waals surface area contributed by atoms with E-state index in [2.05, 4.69) is 32.2 Å². The number of benzene rings is 1. The van der Waals surface area contributed by atoms with Gasteiger partial charge in [-0.25, -0.2) is 18.3 Å². The van der Waals surface area contributed by atoms with Crippen molar-refractivity contribution in [2.75, 3.05) is 18.0 Å². The van der Waals surface area contributed by atoms with Gasteiger partial charge >= 0.3 is 0 Å². The van der Waals surface area contributed by atoms with E-state index in [-0.39, 0.29) is 40.7 Å². The number of aromatic nitrogens is 4. The van der Waals surface area contributed by atoms with E-state index >= 15 is 8.78 Å². The summed E-state index contributed by atoms with van der Waals surface area (Å²) in [6.07, 6.45) is 5.51. The Kier molecular flexibility index (Phi) is 7.28. The lowest BCUT2D eigenvalue weighted by atomic mass is 9.89. The first-order chi connectivity index (χ1) is 18.9. The molecule has 1 saturated heterocycles. The number of amides is 1. The Balaban J connectivity index is 1.46. The van der Waals surface area contributed by atoms with Crippen molar-refractivity contribution in [3.63, 3.8) is 0 Å². The van der Waals surface area contributed by atoms with Crippen molar-refractivity contribution in [1.29, 1.82) is 0 Å². The molecule has 1 amide bonds. The Labute approximate surface area is 231 Å². The highest BCUT2D eigenvalue weighted by Gasteiger charge is 2.34. The number of carbonyl (C=O) groups excluding carboxylic acids is 1. The van der Waals surface area contributed by atoms with Gasteiger partial charge in [-0.05, 0) is 55.7 Å². The van der Waals surface area contributed by atoms with E-state index < -0.39 is 17.2 Å². The second-order valence-corrected chi connectivity index (χ2v) is 11.1. The number of hydrogen-bond donors (Lipinski definition) is 3. The number of halogens is 2. The van der Waals surface area contributed by atoms with E-state index in [0.29, 0.717) is 30.9 Å². The van der Waals surface area contributed by atoms with Crippen LogP contribution < -0.4 is 16.0 Å². The molecule has 3 aromatic heterocycles. The summed E-state index contributed by atoms with van der Waals surface area (Å²) in [5.74, 6) is -1.03. The Morgan fingerprint density at radius 1 is 1.18 bits per heavy atom. The second kappa shape index (κ2) is 10.5. The molecule has 1 fully saturated rings. The topological polar surface area (TPSA) is 122 Å². The Hall–Kier alpha value is -3.96. The fraction of sp³-hybridized carbons (Fsp3) is 0.379. The third-order valence-electron chi connectivity index (χ3n) is 7.41. The first kappa shape index (κ1) is 27.6. The maximum Gasteiger partial charge on any atom is 0.217 e. The Bertz CT molecular complexity index is 1530. The standard InChI is InChI=1S/C29H33F2N7O2/c1-16-14-37(15-23(32)28(16)35-17(2)39)25-7-8-33-12-18(25)9-26-34-13-20-5-6-24(36-38(20)26)27-21(30)10-19(11-22(27)31)29(3,4)40/h5-8,10-13,16,23,28,40H,9,14-15,32H2,1-4H3,(H,35,39)/t16-,23+,28-/m0/s1. The molecule has 40 heavy (non-hydrogen) atoms. The van der Waals surface area contributed by atoms with Crippen molar-refractivity contribution < 1.29 is 18.7 Å². The van der Waals surface area contributed by atoms with Crippen molar-refractivity contribution >= 4 is 17.1 Å². The number of nitrogens with zero attached hydrogens (tertiary/aromatic N) is 5.